The van der Waals surface area contributed by atoms with Gasteiger partial charge in [-0.25, -0.2) is 4.79 Å². The van der Waals surface area contributed by atoms with Crippen molar-refractivity contribution in [3.05, 3.63) is 33.3 Å². The van der Waals surface area contributed by atoms with Crippen LogP contribution in [-0.2, 0) is 14.4 Å². The van der Waals surface area contributed by atoms with Crippen LogP contribution in [0, 0.1) is 0 Å². The Morgan fingerprint density at radius 2 is 2.08 bits per heavy atom. The molecule has 1 heterocycles. The number of hydrogen-bond donors (Lipinski definition) is 1. The lowest BCUT2D eigenvalue weighted by Crippen LogP contribution is -2.41. The Morgan fingerprint density at radius 1 is 1.40 bits per heavy atom. The fraction of sp³-hybridized carbons (Fsp3) is 0.308. The quantitative estimate of drug-likeness (QED) is 0.351. The first kappa shape index (κ1) is 19.1. The third kappa shape index (κ3) is 4.45. The van der Waals surface area contributed by atoms with E-state index in [0.29, 0.717) is 0 Å². The lowest BCUT2D eigenvalue weighted by atomic mass is 10.0. The number of benzene rings is 1. The lowest BCUT2D eigenvalue weighted by molar-refractivity contribution is -0.195. The number of hydrogen-bond acceptors (Lipinski definition) is 6. The molecule has 136 valence electrons. The fourth-order valence-corrected chi connectivity index (χ4v) is 2.53. The molecule has 1 aliphatic rings. The molecule has 0 fully saturated rings. The first-order valence-electron chi connectivity index (χ1n) is 6.48. The van der Waals surface area contributed by atoms with Crippen LogP contribution in [0.2, 0.25) is 10.0 Å². The largest absolute Gasteiger partial charge is 0.474 e. The Hall–Kier alpha value is -2.20. The van der Waals surface area contributed by atoms with E-state index in [-0.39, 0.29) is 21.4 Å². The van der Waals surface area contributed by atoms with Crippen LogP contribution in [0.3, 0.4) is 0 Å². The maximum atomic E-state index is 13.3. The minimum atomic E-state index is -4.92. The van der Waals surface area contributed by atoms with Crippen LogP contribution in [0.25, 0.3) is 6.08 Å². The molecule has 0 radical (unpaired) electrons. The molecule has 7 nitrogen and oxygen atoms in total. The first-order chi connectivity index (χ1) is 11.6. The molecule has 1 N–H and O–H groups in total. The summed E-state index contributed by atoms with van der Waals surface area (Å²) in [5.41, 5.74) is -0.761. The molecule has 0 bridgehead atoms. The van der Waals surface area contributed by atoms with Gasteiger partial charge in [-0.1, -0.05) is 23.2 Å². The summed E-state index contributed by atoms with van der Waals surface area (Å²) >= 11 is 11.6. The SMILES string of the molecule is CC(O/N=N\O)OC(=O)C1=Cc2cc(Cl)cc(Cl)c2O[C@@H]1C(F)(F)F. The van der Waals surface area contributed by atoms with E-state index in [0.717, 1.165) is 13.0 Å². The average molecular weight is 401 g/mol. The van der Waals surface area contributed by atoms with Gasteiger partial charge < -0.3 is 19.5 Å². The Kier molecular flexibility index (Phi) is 5.63. The number of carbonyl (C=O) groups excluding carboxylic acids is 1. The van der Waals surface area contributed by atoms with Crippen LogP contribution in [-0.4, -0.2) is 29.7 Å². The summed E-state index contributed by atoms with van der Waals surface area (Å²) in [6.45, 7) is 1.15. The second kappa shape index (κ2) is 7.36. The third-order valence-electron chi connectivity index (χ3n) is 2.90. The first-order valence-corrected chi connectivity index (χ1v) is 7.24. The van der Waals surface area contributed by atoms with Gasteiger partial charge in [0.05, 0.1) is 21.2 Å². The number of ether oxygens (including phenoxy) is 2. The van der Waals surface area contributed by atoms with Crippen LogP contribution in [0.5, 0.6) is 5.75 Å². The maximum Gasteiger partial charge on any atom is 0.430 e. The number of rotatable bonds is 4. The van der Waals surface area contributed by atoms with Gasteiger partial charge in [0.1, 0.15) is 5.75 Å². The molecule has 0 aromatic heterocycles. The molecule has 0 saturated carbocycles. The van der Waals surface area contributed by atoms with Gasteiger partial charge in [-0.3, -0.25) is 0 Å². The normalized spacial score (nSPS) is 18.2. The number of fused-ring (bicyclic) bond motifs is 1. The number of nitrogens with zero attached hydrogens (tertiary/aromatic N) is 2. The highest BCUT2D eigenvalue weighted by Gasteiger charge is 2.49. The Balaban J connectivity index is 2.39. The fourth-order valence-electron chi connectivity index (χ4n) is 1.97. The molecular weight excluding hydrogens is 392 g/mol. The van der Waals surface area contributed by atoms with Gasteiger partial charge in [-0.2, -0.15) is 13.2 Å². The van der Waals surface area contributed by atoms with Crippen molar-refractivity contribution < 1.29 is 37.5 Å². The van der Waals surface area contributed by atoms with E-state index in [9.17, 15) is 18.0 Å². The number of alkyl halides is 3. The minimum absolute atomic E-state index is 0.0774. The van der Waals surface area contributed by atoms with Crippen molar-refractivity contribution >= 4 is 35.2 Å². The monoisotopic (exact) mass is 400 g/mol. The third-order valence-corrected chi connectivity index (χ3v) is 3.40. The molecule has 1 aromatic carbocycles. The topological polar surface area (TPSA) is 89.7 Å². The Morgan fingerprint density at radius 3 is 2.68 bits per heavy atom. The van der Waals surface area contributed by atoms with E-state index < -0.39 is 30.1 Å². The maximum absolute atomic E-state index is 13.3. The second-order valence-electron chi connectivity index (χ2n) is 4.69. The van der Waals surface area contributed by atoms with Gasteiger partial charge in [0, 0.05) is 17.5 Å². The summed E-state index contributed by atoms with van der Waals surface area (Å²) in [4.78, 5) is 16.4. The predicted octanol–water partition coefficient (Wildman–Crippen LogP) is 4.36. The van der Waals surface area contributed by atoms with E-state index in [1.54, 1.807) is 0 Å². The summed E-state index contributed by atoms with van der Waals surface area (Å²) in [6, 6.07) is 2.49. The molecule has 1 unspecified atom stereocenters. The van der Waals surface area contributed by atoms with Gasteiger partial charge in [-0.15, -0.1) is 0 Å². The van der Waals surface area contributed by atoms with Gasteiger partial charge in [0.2, 0.25) is 6.10 Å². The molecule has 0 amide bonds. The van der Waals surface area contributed by atoms with Gasteiger partial charge in [0.25, 0.3) is 6.29 Å². The zero-order valence-corrected chi connectivity index (χ0v) is 13.8. The second-order valence-corrected chi connectivity index (χ2v) is 5.54. The van der Waals surface area contributed by atoms with Crippen LogP contribution in [0.1, 0.15) is 12.5 Å². The zero-order chi connectivity index (χ0) is 18.8. The average Bonchev–Trinajstić information content (AvgIpc) is 2.50. The Labute approximate surface area is 148 Å². The van der Waals surface area contributed by atoms with E-state index in [1.807, 2.05) is 0 Å². The highest BCUT2D eigenvalue weighted by molar-refractivity contribution is 6.36. The molecule has 12 heteroatoms. The number of carbonyl (C=O) groups is 1. The van der Waals surface area contributed by atoms with Gasteiger partial charge in [0.15, 0.2) is 0 Å². The summed E-state index contributed by atoms with van der Waals surface area (Å²) in [5.74, 6) is -1.63. The number of halogens is 5. The van der Waals surface area contributed by atoms with E-state index in [2.05, 4.69) is 20.1 Å². The van der Waals surface area contributed by atoms with Crippen LogP contribution in [0.4, 0.5) is 13.2 Å². The van der Waals surface area contributed by atoms with E-state index >= 15 is 0 Å². The van der Waals surface area contributed by atoms with Crippen molar-refractivity contribution in [3.8, 4) is 5.75 Å². The minimum Gasteiger partial charge on any atom is -0.474 e. The molecule has 25 heavy (non-hydrogen) atoms. The standard InChI is InChI=1S/C13H9Cl2F3N2O5/c1-5(25-20-19-22)23-12(21)8-3-6-2-7(14)4-9(15)10(6)24-11(8)13(16,17)18/h2-5,11H,1H3,(H,20,22)/t5?,11-/m0/s1. The van der Waals surface area contributed by atoms with Crippen molar-refractivity contribution in [2.75, 3.05) is 0 Å². The molecule has 2 atom stereocenters. The lowest BCUT2D eigenvalue weighted by Gasteiger charge is -2.28. The molecule has 0 spiro atoms. The number of esters is 1. The van der Waals surface area contributed by atoms with Crippen molar-refractivity contribution in [1.29, 1.82) is 0 Å². The van der Waals surface area contributed by atoms with Crippen LogP contribution < -0.4 is 4.74 Å². The molecule has 1 aliphatic heterocycles. The van der Waals surface area contributed by atoms with Gasteiger partial charge in [-0.05, 0) is 18.2 Å². The summed E-state index contributed by atoms with van der Waals surface area (Å²) < 4.78 is 49.3. The van der Waals surface area contributed by atoms with Crippen molar-refractivity contribution in [3.63, 3.8) is 0 Å². The molecular formula is C13H9Cl2F3N2O5. The molecule has 0 aliphatic carbocycles. The van der Waals surface area contributed by atoms with Crippen LogP contribution >= 0.6 is 23.2 Å². The molecule has 0 saturated heterocycles. The highest BCUT2D eigenvalue weighted by Crippen LogP contribution is 2.42. The smallest absolute Gasteiger partial charge is 0.430 e. The predicted molar refractivity (Wildman–Crippen MR) is 78.2 cm³/mol. The van der Waals surface area contributed by atoms with Gasteiger partial charge >= 0.3 is 12.1 Å². The Bertz CT molecular complexity index is 739. The van der Waals surface area contributed by atoms with E-state index in [4.69, 9.17) is 33.1 Å². The van der Waals surface area contributed by atoms with Crippen LogP contribution in [0.15, 0.2) is 28.3 Å². The van der Waals surface area contributed by atoms with Crippen molar-refractivity contribution in [2.45, 2.75) is 25.5 Å². The molecule has 1 aromatic rings. The summed E-state index contributed by atoms with van der Waals surface area (Å²) in [5, 5.41) is 13.1. The summed E-state index contributed by atoms with van der Waals surface area (Å²) in [6.07, 6.45) is -8.02. The zero-order valence-electron chi connectivity index (χ0n) is 12.3. The van der Waals surface area contributed by atoms with E-state index in [1.165, 1.54) is 12.1 Å². The van der Waals surface area contributed by atoms with Crippen molar-refractivity contribution in [1.82, 2.24) is 0 Å². The summed E-state index contributed by atoms with van der Waals surface area (Å²) in [7, 11) is 0. The molecule has 2 rings (SSSR count). The highest BCUT2D eigenvalue weighted by atomic mass is 35.5. The van der Waals surface area contributed by atoms with Crippen molar-refractivity contribution in [2.24, 2.45) is 10.6 Å².